The largest absolute Gasteiger partial charge is 0.494 e. The van der Waals surface area contributed by atoms with Gasteiger partial charge < -0.3 is 24.2 Å². The Balaban J connectivity index is 2.04. The normalized spacial score (nSPS) is 25.4. The first-order valence-corrected chi connectivity index (χ1v) is 5.27. The molecular weight excluding hydrogens is 214 g/mol. The predicted octanol–water partition coefficient (Wildman–Crippen LogP) is -0.906. The number of hydrogen-bond donors (Lipinski definition) is 1. The summed E-state index contributed by atoms with van der Waals surface area (Å²) in [7, 11) is 0. The maximum absolute atomic E-state index is 12.0. The summed E-state index contributed by atoms with van der Waals surface area (Å²) < 4.78 is 15.4. The van der Waals surface area contributed by atoms with Crippen LogP contribution in [0, 0.1) is 0 Å². The monoisotopic (exact) mass is 229 g/mol. The number of morpholine rings is 1. The summed E-state index contributed by atoms with van der Waals surface area (Å²) in [4.78, 5) is 13.6. The van der Waals surface area contributed by atoms with Crippen LogP contribution in [0.2, 0.25) is 0 Å². The van der Waals surface area contributed by atoms with Gasteiger partial charge in [-0.05, 0) is 0 Å². The Morgan fingerprint density at radius 3 is 3.06 bits per heavy atom. The first kappa shape index (κ1) is 11.2. The van der Waals surface area contributed by atoms with E-state index in [9.17, 15) is 4.79 Å². The van der Waals surface area contributed by atoms with Crippen molar-refractivity contribution in [3.8, 4) is 0 Å². The van der Waals surface area contributed by atoms with E-state index in [2.05, 4.69) is 0 Å². The van der Waals surface area contributed by atoms with Gasteiger partial charge in [-0.2, -0.15) is 0 Å². The molecule has 0 spiro atoms. The van der Waals surface area contributed by atoms with Crippen molar-refractivity contribution in [3.05, 3.63) is 12.0 Å². The van der Waals surface area contributed by atoms with E-state index in [1.54, 1.807) is 4.90 Å². The molecule has 2 aliphatic rings. The van der Waals surface area contributed by atoms with Gasteiger partial charge in [-0.1, -0.05) is 0 Å². The summed E-state index contributed by atoms with van der Waals surface area (Å²) in [5.74, 6) is -0.0475. The van der Waals surface area contributed by atoms with Gasteiger partial charge in [-0.25, -0.2) is 0 Å². The Labute approximate surface area is 93.4 Å². The minimum atomic E-state index is -0.298. The molecular formula is C10H15NO5. The van der Waals surface area contributed by atoms with Crippen molar-refractivity contribution in [1.29, 1.82) is 0 Å². The van der Waals surface area contributed by atoms with E-state index in [1.165, 1.54) is 6.26 Å². The molecule has 2 rings (SSSR count). The number of nitrogens with zero attached hydrogens (tertiary/aromatic N) is 1. The van der Waals surface area contributed by atoms with Crippen LogP contribution < -0.4 is 0 Å². The number of ether oxygens (including phenoxy) is 3. The fraction of sp³-hybridized carbons (Fsp3) is 0.700. The lowest BCUT2D eigenvalue weighted by Crippen LogP contribution is -2.51. The topological polar surface area (TPSA) is 68.2 Å². The van der Waals surface area contributed by atoms with Crippen LogP contribution in [0.4, 0.5) is 0 Å². The van der Waals surface area contributed by atoms with Gasteiger partial charge in [0.05, 0.1) is 25.9 Å². The highest BCUT2D eigenvalue weighted by molar-refractivity contribution is 5.91. The highest BCUT2D eigenvalue weighted by Gasteiger charge is 2.30. The van der Waals surface area contributed by atoms with Crippen molar-refractivity contribution < 1.29 is 24.1 Å². The third-order valence-corrected chi connectivity index (χ3v) is 2.56. The van der Waals surface area contributed by atoms with Crippen molar-refractivity contribution in [2.45, 2.75) is 6.04 Å². The zero-order chi connectivity index (χ0) is 11.4. The van der Waals surface area contributed by atoms with Crippen molar-refractivity contribution >= 4 is 5.91 Å². The van der Waals surface area contributed by atoms with Gasteiger partial charge in [-0.3, -0.25) is 4.79 Å². The van der Waals surface area contributed by atoms with Crippen LogP contribution >= 0.6 is 0 Å². The minimum Gasteiger partial charge on any atom is -0.494 e. The van der Waals surface area contributed by atoms with Gasteiger partial charge in [-0.15, -0.1) is 0 Å². The molecule has 6 heteroatoms. The van der Waals surface area contributed by atoms with Crippen LogP contribution in [0.25, 0.3) is 0 Å². The van der Waals surface area contributed by atoms with Gasteiger partial charge in [0.1, 0.15) is 19.5 Å². The van der Waals surface area contributed by atoms with Crippen molar-refractivity contribution in [2.75, 3.05) is 39.6 Å². The molecule has 0 bridgehead atoms. The second-order valence-electron chi connectivity index (χ2n) is 3.61. The predicted molar refractivity (Wildman–Crippen MR) is 53.4 cm³/mol. The first-order valence-electron chi connectivity index (χ1n) is 5.27. The third-order valence-electron chi connectivity index (χ3n) is 2.56. The van der Waals surface area contributed by atoms with Gasteiger partial charge >= 0.3 is 0 Å². The molecule has 0 aromatic heterocycles. The number of amides is 1. The molecule has 2 aliphatic heterocycles. The Morgan fingerprint density at radius 2 is 2.38 bits per heavy atom. The molecule has 0 aromatic carbocycles. The average molecular weight is 229 g/mol. The highest BCUT2D eigenvalue weighted by atomic mass is 16.6. The van der Waals surface area contributed by atoms with Crippen molar-refractivity contribution in [1.82, 2.24) is 4.90 Å². The standard InChI is InChI=1S/C10H15NO5/c12-5-8-6-14-2-1-11(8)10(13)9-7-15-3-4-16-9/h7-8,12H,1-6H2. The molecule has 16 heavy (non-hydrogen) atoms. The molecule has 6 nitrogen and oxygen atoms in total. The van der Waals surface area contributed by atoms with Crippen molar-refractivity contribution in [3.63, 3.8) is 0 Å². The van der Waals surface area contributed by atoms with E-state index in [1.807, 2.05) is 0 Å². The summed E-state index contributed by atoms with van der Waals surface area (Å²) in [6.45, 7) is 2.03. The highest BCUT2D eigenvalue weighted by Crippen LogP contribution is 2.14. The number of carbonyl (C=O) groups is 1. The number of hydrogen-bond acceptors (Lipinski definition) is 5. The van der Waals surface area contributed by atoms with Crippen molar-refractivity contribution in [2.24, 2.45) is 0 Å². The average Bonchev–Trinajstić information content (AvgIpc) is 2.39. The van der Waals surface area contributed by atoms with E-state index in [0.29, 0.717) is 33.0 Å². The smallest absolute Gasteiger partial charge is 0.292 e. The fourth-order valence-electron chi connectivity index (χ4n) is 1.70. The second-order valence-corrected chi connectivity index (χ2v) is 3.61. The van der Waals surface area contributed by atoms with Gasteiger partial charge in [0.25, 0.3) is 5.91 Å². The zero-order valence-corrected chi connectivity index (χ0v) is 8.92. The maximum atomic E-state index is 12.0. The van der Waals surface area contributed by atoms with Crippen LogP contribution in [-0.4, -0.2) is 61.5 Å². The second kappa shape index (κ2) is 5.18. The van der Waals surface area contributed by atoms with Crippen LogP contribution in [0.1, 0.15) is 0 Å². The van der Waals surface area contributed by atoms with E-state index in [4.69, 9.17) is 19.3 Å². The Bertz CT molecular complexity index is 291. The molecule has 1 saturated heterocycles. The summed E-state index contributed by atoms with van der Waals surface area (Å²) in [5, 5.41) is 9.14. The molecule has 0 aliphatic carbocycles. The van der Waals surface area contributed by atoms with Gasteiger partial charge in [0, 0.05) is 6.54 Å². The zero-order valence-electron chi connectivity index (χ0n) is 8.92. The number of aliphatic hydroxyl groups is 1. The molecule has 1 atom stereocenters. The lowest BCUT2D eigenvalue weighted by molar-refractivity contribution is -0.142. The van der Waals surface area contributed by atoms with Crippen LogP contribution in [0.15, 0.2) is 12.0 Å². The maximum Gasteiger partial charge on any atom is 0.292 e. The lowest BCUT2D eigenvalue weighted by Gasteiger charge is -2.35. The Kier molecular flexibility index (Phi) is 3.63. The summed E-state index contributed by atoms with van der Waals surface area (Å²) in [5.41, 5.74) is 0. The van der Waals surface area contributed by atoms with Gasteiger partial charge in [0.15, 0.2) is 0 Å². The number of carbonyl (C=O) groups excluding carboxylic acids is 1. The molecule has 0 saturated carbocycles. The van der Waals surface area contributed by atoms with Crippen LogP contribution in [0.5, 0.6) is 0 Å². The molecule has 1 unspecified atom stereocenters. The SMILES string of the molecule is O=C(C1=COCCO1)N1CCOCC1CO. The number of aliphatic hydroxyl groups excluding tert-OH is 1. The molecule has 2 heterocycles. The lowest BCUT2D eigenvalue weighted by atomic mass is 10.2. The molecule has 0 radical (unpaired) electrons. The molecule has 1 amide bonds. The summed E-state index contributed by atoms with van der Waals surface area (Å²) >= 11 is 0. The molecule has 0 aromatic rings. The third kappa shape index (κ3) is 2.28. The number of rotatable bonds is 2. The van der Waals surface area contributed by atoms with Gasteiger partial charge in [0.2, 0.25) is 5.76 Å². The van der Waals surface area contributed by atoms with E-state index in [0.717, 1.165) is 0 Å². The molecule has 1 fully saturated rings. The quantitative estimate of drug-likeness (QED) is 0.664. The van der Waals surface area contributed by atoms with E-state index < -0.39 is 0 Å². The minimum absolute atomic E-state index is 0.111. The van der Waals surface area contributed by atoms with Crippen LogP contribution in [0.3, 0.4) is 0 Å². The summed E-state index contributed by atoms with van der Waals surface area (Å²) in [6, 6.07) is -0.298. The molecule has 90 valence electrons. The van der Waals surface area contributed by atoms with E-state index in [-0.39, 0.29) is 24.3 Å². The Hall–Kier alpha value is -1.27. The van der Waals surface area contributed by atoms with E-state index >= 15 is 0 Å². The summed E-state index contributed by atoms with van der Waals surface area (Å²) in [6.07, 6.45) is 1.33. The molecule has 1 N–H and O–H groups in total. The van der Waals surface area contributed by atoms with Crippen LogP contribution in [-0.2, 0) is 19.0 Å². The Morgan fingerprint density at radius 1 is 1.50 bits per heavy atom. The first-order chi connectivity index (χ1) is 7.83. The fourth-order valence-corrected chi connectivity index (χ4v) is 1.70.